The summed E-state index contributed by atoms with van der Waals surface area (Å²) in [5, 5.41) is 21.3. The molecule has 8 nitrogen and oxygen atoms in total. The van der Waals surface area contributed by atoms with Crippen molar-refractivity contribution in [1.29, 1.82) is 0 Å². The molecule has 0 spiro atoms. The van der Waals surface area contributed by atoms with Crippen LogP contribution in [0.2, 0.25) is 0 Å². The first-order valence-electron chi connectivity index (χ1n) is 9.79. The van der Waals surface area contributed by atoms with Crippen molar-refractivity contribution in [2.75, 3.05) is 11.5 Å². The fourth-order valence-electron chi connectivity index (χ4n) is 3.56. The summed E-state index contributed by atoms with van der Waals surface area (Å²) in [6.07, 6.45) is 0. The number of carbonyl (C=O) groups excluding carboxylic acids is 2. The van der Waals surface area contributed by atoms with Gasteiger partial charge in [0, 0.05) is 16.4 Å². The van der Waals surface area contributed by atoms with Crippen LogP contribution in [0.5, 0.6) is 5.75 Å². The van der Waals surface area contributed by atoms with Gasteiger partial charge in [-0.3, -0.25) is 14.5 Å². The van der Waals surface area contributed by atoms with Gasteiger partial charge >= 0.3 is 5.97 Å². The number of thioether (sulfide) groups is 2. The number of aromatic hydroxyl groups is 1. The summed E-state index contributed by atoms with van der Waals surface area (Å²) in [7, 11) is 0. The van der Waals surface area contributed by atoms with Crippen molar-refractivity contribution in [2.24, 2.45) is 5.73 Å². The van der Waals surface area contributed by atoms with Gasteiger partial charge in [-0.1, -0.05) is 30.3 Å². The molecule has 0 bridgehead atoms. The Kier molecular flexibility index (Phi) is 6.45. The highest BCUT2D eigenvalue weighted by molar-refractivity contribution is 8.01. The van der Waals surface area contributed by atoms with E-state index in [1.54, 1.807) is 0 Å². The van der Waals surface area contributed by atoms with Gasteiger partial charge < -0.3 is 21.3 Å². The van der Waals surface area contributed by atoms with Gasteiger partial charge in [0.1, 0.15) is 28.9 Å². The summed E-state index contributed by atoms with van der Waals surface area (Å²) in [5.74, 6) is -1.20. The Hall–Kier alpha value is -2.95. The molecule has 1 saturated heterocycles. The Morgan fingerprint density at radius 2 is 1.88 bits per heavy atom. The number of amides is 2. The van der Waals surface area contributed by atoms with E-state index in [0.29, 0.717) is 22.6 Å². The van der Waals surface area contributed by atoms with Gasteiger partial charge in [0.05, 0.1) is 0 Å². The minimum Gasteiger partial charge on any atom is -0.508 e. The second kappa shape index (κ2) is 9.27. The standard InChI is InChI=1S/C22H21N3O5S2/c23-16(12-6-8-14(26)9-7-12)19(27)24-17-20(28)25-18(22(29)30)13(11-32-21(17)25)10-31-15-4-2-1-3-5-15/h1-9,16-17,21,26H,10-11,23H2,(H,24,27)(H,29,30)/t16?,17?,21-/m1/s1. The third kappa shape index (κ3) is 4.34. The van der Waals surface area contributed by atoms with E-state index in [2.05, 4.69) is 5.32 Å². The minimum absolute atomic E-state index is 0.00415. The number of hydrogen-bond acceptors (Lipinski definition) is 7. The van der Waals surface area contributed by atoms with Crippen LogP contribution in [-0.2, 0) is 14.4 Å². The van der Waals surface area contributed by atoms with Crippen LogP contribution in [0.25, 0.3) is 0 Å². The summed E-state index contributed by atoms with van der Waals surface area (Å²) in [6.45, 7) is 0. The molecule has 0 radical (unpaired) electrons. The maximum atomic E-state index is 12.8. The predicted molar refractivity (Wildman–Crippen MR) is 122 cm³/mol. The molecule has 2 aromatic carbocycles. The quantitative estimate of drug-likeness (QED) is 0.356. The molecule has 166 valence electrons. The average molecular weight is 472 g/mol. The van der Waals surface area contributed by atoms with Crippen molar-refractivity contribution in [3.05, 3.63) is 71.4 Å². The number of nitrogens with two attached hydrogens (primary N) is 1. The number of nitrogens with one attached hydrogen (secondary N) is 1. The maximum Gasteiger partial charge on any atom is 0.352 e. The molecule has 4 rings (SSSR count). The van der Waals surface area contributed by atoms with Crippen LogP contribution in [0.4, 0.5) is 0 Å². The van der Waals surface area contributed by atoms with Crippen LogP contribution in [0.15, 0.2) is 70.8 Å². The Labute approximate surface area is 192 Å². The number of benzene rings is 2. The molecule has 0 saturated carbocycles. The lowest BCUT2D eigenvalue weighted by atomic mass is 10.0. The molecule has 3 atom stereocenters. The number of aliphatic carboxylic acids is 1. The maximum absolute atomic E-state index is 12.8. The third-order valence-electron chi connectivity index (χ3n) is 5.24. The Morgan fingerprint density at radius 1 is 1.19 bits per heavy atom. The highest BCUT2D eigenvalue weighted by Gasteiger charge is 2.54. The molecule has 2 heterocycles. The number of nitrogens with zero attached hydrogens (tertiary/aromatic N) is 1. The number of carboxylic acids is 1. The molecule has 2 amide bonds. The van der Waals surface area contributed by atoms with Crippen molar-refractivity contribution in [1.82, 2.24) is 10.2 Å². The summed E-state index contributed by atoms with van der Waals surface area (Å²) >= 11 is 2.94. The van der Waals surface area contributed by atoms with Crippen molar-refractivity contribution < 1.29 is 24.6 Å². The lowest BCUT2D eigenvalue weighted by molar-refractivity contribution is -0.150. The SMILES string of the molecule is NC(C(=O)NC1C(=O)N2C(C(=O)O)=C(CSc3ccccc3)CS[C@H]12)c1ccc(O)cc1. The monoisotopic (exact) mass is 471 g/mol. The molecular weight excluding hydrogens is 450 g/mol. The number of fused-ring (bicyclic) bond motifs is 1. The molecule has 32 heavy (non-hydrogen) atoms. The normalized spacial score (nSPS) is 20.9. The number of carboxylic acid groups (broad SMARTS) is 1. The van der Waals surface area contributed by atoms with Crippen molar-refractivity contribution in [3.8, 4) is 5.75 Å². The predicted octanol–water partition coefficient (Wildman–Crippen LogP) is 1.92. The molecule has 2 aromatic rings. The first-order valence-corrected chi connectivity index (χ1v) is 11.8. The lowest BCUT2D eigenvalue weighted by Gasteiger charge is -2.49. The molecule has 2 aliphatic heterocycles. The molecule has 0 aromatic heterocycles. The summed E-state index contributed by atoms with van der Waals surface area (Å²) in [5.41, 5.74) is 7.15. The minimum atomic E-state index is -1.15. The number of phenols is 1. The Bertz CT molecular complexity index is 1070. The van der Waals surface area contributed by atoms with Gasteiger partial charge in [-0.05, 0) is 35.4 Å². The largest absolute Gasteiger partial charge is 0.508 e. The van der Waals surface area contributed by atoms with Crippen molar-refractivity contribution >= 4 is 41.3 Å². The molecule has 0 aliphatic carbocycles. The number of hydrogen-bond donors (Lipinski definition) is 4. The second-order valence-corrected chi connectivity index (χ2v) is 9.48. The zero-order chi connectivity index (χ0) is 22.8. The van der Waals surface area contributed by atoms with Crippen molar-refractivity contribution in [3.63, 3.8) is 0 Å². The van der Waals surface area contributed by atoms with E-state index in [1.165, 1.54) is 52.7 Å². The summed E-state index contributed by atoms with van der Waals surface area (Å²) in [4.78, 5) is 39.6. The van der Waals surface area contributed by atoms with Gasteiger partial charge in [-0.25, -0.2) is 4.79 Å². The summed E-state index contributed by atoms with van der Waals surface area (Å²) < 4.78 is 0. The van der Waals surface area contributed by atoms with E-state index < -0.39 is 35.2 Å². The van der Waals surface area contributed by atoms with E-state index in [-0.39, 0.29) is 11.4 Å². The molecule has 5 N–H and O–H groups in total. The van der Waals surface area contributed by atoms with E-state index in [9.17, 15) is 24.6 Å². The fourth-order valence-corrected chi connectivity index (χ4v) is 5.96. The second-order valence-electron chi connectivity index (χ2n) is 7.32. The summed E-state index contributed by atoms with van der Waals surface area (Å²) in [6, 6.07) is 13.7. The lowest BCUT2D eigenvalue weighted by Crippen LogP contribution is -2.71. The zero-order valence-electron chi connectivity index (χ0n) is 16.8. The highest BCUT2D eigenvalue weighted by atomic mass is 32.2. The van der Waals surface area contributed by atoms with Crippen LogP contribution < -0.4 is 11.1 Å². The fraction of sp³-hybridized carbons (Fsp3) is 0.227. The molecule has 10 heteroatoms. The van der Waals surface area contributed by atoms with Gasteiger partial charge in [0.2, 0.25) is 5.91 Å². The third-order valence-corrected chi connectivity index (χ3v) is 7.68. The van der Waals surface area contributed by atoms with E-state index in [1.807, 2.05) is 30.3 Å². The smallest absolute Gasteiger partial charge is 0.352 e. The number of carbonyl (C=O) groups is 3. The van der Waals surface area contributed by atoms with Crippen LogP contribution >= 0.6 is 23.5 Å². The Morgan fingerprint density at radius 3 is 2.53 bits per heavy atom. The molecule has 2 unspecified atom stereocenters. The Balaban J connectivity index is 1.45. The van der Waals surface area contributed by atoms with Crippen LogP contribution in [0.1, 0.15) is 11.6 Å². The van der Waals surface area contributed by atoms with E-state index in [0.717, 1.165) is 4.90 Å². The first kappa shape index (κ1) is 22.3. The van der Waals surface area contributed by atoms with E-state index in [4.69, 9.17) is 5.73 Å². The average Bonchev–Trinajstić information content (AvgIpc) is 2.80. The zero-order valence-corrected chi connectivity index (χ0v) is 18.4. The van der Waals surface area contributed by atoms with Crippen molar-refractivity contribution in [2.45, 2.75) is 22.4 Å². The van der Waals surface area contributed by atoms with Crippen LogP contribution in [0.3, 0.4) is 0 Å². The number of rotatable bonds is 7. The highest BCUT2D eigenvalue weighted by Crippen LogP contribution is 2.41. The topological polar surface area (TPSA) is 133 Å². The van der Waals surface area contributed by atoms with Crippen LogP contribution in [0, 0.1) is 0 Å². The molecule has 2 aliphatic rings. The van der Waals surface area contributed by atoms with Gasteiger partial charge in [0.25, 0.3) is 5.91 Å². The van der Waals surface area contributed by atoms with Gasteiger partial charge in [-0.15, -0.1) is 23.5 Å². The molecule has 1 fully saturated rings. The number of phenolic OH excluding ortho intramolecular Hbond substituents is 1. The van der Waals surface area contributed by atoms with Crippen LogP contribution in [-0.4, -0.2) is 55.8 Å². The first-order chi connectivity index (χ1) is 15.4. The molecular formula is C22H21N3O5S2. The van der Waals surface area contributed by atoms with E-state index >= 15 is 0 Å². The number of β-lactam (4-membered cyclic amide) rings is 1. The van der Waals surface area contributed by atoms with Gasteiger partial charge in [-0.2, -0.15) is 0 Å². The van der Waals surface area contributed by atoms with Gasteiger partial charge in [0.15, 0.2) is 0 Å².